The predicted molar refractivity (Wildman–Crippen MR) is 130 cm³/mol. The van der Waals surface area contributed by atoms with E-state index in [1.807, 2.05) is 18.2 Å². The van der Waals surface area contributed by atoms with Crippen LogP contribution in [0.4, 0.5) is 0 Å². The SMILES string of the molecule is CN=C(NCCc1ccc(S(C)(=O)=O)cc1)NCCc1c[nH]c2ccccc12.I. The van der Waals surface area contributed by atoms with Crippen LogP contribution in [0.5, 0.6) is 0 Å². The number of nitrogens with one attached hydrogen (secondary N) is 3. The van der Waals surface area contributed by atoms with Crippen molar-refractivity contribution in [3.63, 3.8) is 0 Å². The highest BCUT2D eigenvalue weighted by molar-refractivity contribution is 14.0. The third-order valence-electron chi connectivity index (χ3n) is 4.64. The first kappa shape index (κ1) is 23.2. The van der Waals surface area contributed by atoms with E-state index in [0.717, 1.165) is 36.4 Å². The number of hydrogen-bond donors (Lipinski definition) is 3. The van der Waals surface area contributed by atoms with Crippen LogP contribution in [0.25, 0.3) is 10.9 Å². The Labute approximate surface area is 189 Å². The number of sulfone groups is 1. The number of H-pyrrole nitrogens is 1. The number of nitrogens with zero attached hydrogens (tertiary/aromatic N) is 1. The summed E-state index contributed by atoms with van der Waals surface area (Å²) in [5, 5.41) is 7.88. The Bertz CT molecular complexity index is 1060. The largest absolute Gasteiger partial charge is 0.361 e. The van der Waals surface area contributed by atoms with E-state index < -0.39 is 9.84 Å². The molecule has 3 rings (SSSR count). The number of halogens is 1. The summed E-state index contributed by atoms with van der Waals surface area (Å²) >= 11 is 0. The fourth-order valence-corrected chi connectivity index (χ4v) is 3.73. The first-order valence-corrected chi connectivity index (χ1v) is 11.1. The molecule has 6 nitrogen and oxygen atoms in total. The molecule has 8 heteroatoms. The summed E-state index contributed by atoms with van der Waals surface area (Å²) in [6.45, 7) is 1.50. The van der Waals surface area contributed by atoms with Crippen molar-refractivity contribution in [3.05, 3.63) is 65.9 Å². The number of aromatic nitrogens is 1. The molecule has 0 saturated heterocycles. The van der Waals surface area contributed by atoms with Crippen LogP contribution < -0.4 is 10.6 Å². The molecule has 0 saturated carbocycles. The van der Waals surface area contributed by atoms with Gasteiger partial charge < -0.3 is 15.6 Å². The molecule has 3 aromatic rings. The van der Waals surface area contributed by atoms with Crippen molar-refractivity contribution in [1.29, 1.82) is 0 Å². The van der Waals surface area contributed by atoms with Gasteiger partial charge in [-0.1, -0.05) is 30.3 Å². The topological polar surface area (TPSA) is 86.3 Å². The molecule has 0 atom stereocenters. The molecule has 29 heavy (non-hydrogen) atoms. The number of hydrogen-bond acceptors (Lipinski definition) is 3. The van der Waals surface area contributed by atoms with Crippen molar-refractivity contribution in [2.24, 2.45) is 4.99 Å². The molecule has 0 spiro atoms. The minimum Gasteiger partial charge on any atom is -0.361 e. The van der Waals surface area contributed by atoms with Gasteiger partial charge in [0.1, 0.15) is 0 Å². The first-order valence-electron chi connectivity index (χ1n) is 9.26. The number of fused-ring (bicyclic) bond motifs is 1. The molecular weight excluding hydrogens is 499 g/mol. The standard InChI is InChI=1S/C21H26N4O2S.HI/c1-22-21(23-13-11-16-7-9-18(10-8-16)28(2,26)27)24-14-12-17-15-25-20-6-4-3-5-19(17)20;/h3-10,15,25H,11-14H2,1-2H3,(H2,22,23,24);1H. The maximum absolute atomic E-state index is 11.5. The highest BCUT2D eigenvalue weighted by Gasteiger charge is 2.06. The second-order valence-corrected chi connectivity index (χ2v) is 8.72. The second-order valence-electron chi connectivity index (χ2n) is 6.70. The Balaban J connectivity index is 0.00000300. The molecule has 2 aromatic carbocycles. The van der Waals surface area contributed by atoms with E-state index in [4.69, 9.17) is 0 Å². The monoisotopic (exact) mass is 526 g/mol. The van der Waals surface area contributed by atoms with Gasteiger partial charge in [0.2, 0.25) is 0 Å². The lowest BCUT2D eigenvalue weighted by Gasteiger charge is -2.12. The van der Waals surface area contributed by atoms with Gasteiger partial charge in [0.05, 0.1) is 4.90 Å². The fraction of sp³-hybridized carbons (Fsp3) is 0.286. The first-order chi connectivity index (χ1) is 13.5. The highest BCUT2D eigenvalue weighted by atomic mass is 127. The summed E-state index contributed by atoms with van der Waals surface area (Å²) < 4.78 is 23.0. The third kappa shape index (κ3) is 6.46. The Morgan fingerprint density at radius 2 is 1.66 bits per heavy atom. The van der Waals surface area contributed by atoms with Crippen LogP contribution >= 0.6 is 24.0 Å². The summed E-state index contributed by atoms with van der Waals surface area (Å²) in [6.07, 6.45) is 4.96. The van der Waals surface area contributed by atoms with Crippen LogP contribution in [-0.2, 0) is 22.7 Å². The highest BCUT2D eigenvalue weighted by Crippen LogP contribution is 2.17. The average molecular weight is 526 g/mol. The van der Waals surface area contributed by atoms with E-state index in [-0.39, 0.29) is 24.0 Å². The third-order valence-corrected chi connectivity index (χ3v) is 5.77. The molecule has 0 aliphatic heterocycles. The van der Waals surface area contributed by atoms with Crippen molar-refractivity contribution in [2.75, 3.05) is 26.4 Å². The normalized spacial score (nSPS) is 11.9. The summed E-state index contributed by atoms with van der Waals surface area (Å²) in [4.78, 5) is 7.89. The second kappa shape index (κ2) is 10.6. The zero-order valence-electron chi connectivity index (χ0n) is 16.6. The van der Waals surface area contributed by atoms with E-state index in [2.05, 4.69) is 45.0 Å². The van der Waals surface area contributed by atoms with Crippen LogP contribution in [0, 0.1) is 0 Å². The van der Waals surface area contributed by atoms with Crippen molar-refractivity contribution in [1.82, 2.24) is 15.6 Å². The van der Waals surface area contributed by atoms with Gasteiger partial charge in [-0.2, -0.15) is 0 Å². The van der Waals surface area contributed by atoms with E-state index >= 15 is 0 Å². The van der Waals surface area contributed by atoms with Crippen molar-refractivity contribution >= 4 is 50.7 Å². The molecule has 0 aliphatic rings. The molecule has 0 radical (unpaired) electrons. The molecule has 1 heterocycles. The Hall–Kier alpha value is -2.07. The summed E-state index contributed by atoms with van der Waals surface area (Å²) in [5.74, 6) is 0.757. The Morgan fingerprint density at radius 1 is 1.00 bits per heavy atom. The Morgan fingerprint density at radius 3 is 2.31 bits per heavy atom. The van der Waals surface area contributed by atoms with Gasteiger partial charge in [-0.05, 0) is 42.2 Å². The number of guanidine groups is 1. The smallest absolute Gasteiger partial charge is 0.190 e. The lowest BCUT2D eigenvalue weighted by Crippen LogP contribution is -2.39. The average Bonchev–Trinajstić information content (AvgIpc) is 3.10. The molecule has 156 valence electrons. The van der Waals surface area contributed by atoms with Crippen LogP contribution in [0.2, 0.25) is 0 Å². The fourth-order valence-electron chi connectivity index (χ4n) is 3.10. The van der Waals surface area contributed by atoms with Crippen LogP contribution in [-0.4, -0.2) is 45.8 Å². The molecule has 1 aromatic heterocycles. The van der Waals surface area contributed by atoms with Gasteiger partial charge in [0.25, 0.3) is 0 Å². The lowest BCUT2D eigenvalue weighted by molar-refractivity contribution is 0.602. The maximum Gasteiger partial charge on any atom is 0.190 e. The van der Waals surface area contributed by atoms with Gasteiger partial charge in [0.15, 0.2) is 15.8 Å². The molecule has 0 unspecified atom stereocenters. The van der Waals surface area contributed by atoms with Gasteiger partial charge in [-0.15, -0.1) is 24.0 Å². The minimum absolute atomic E-state index is 0. The number of para-hydroxylation sites is 1. The number of rotatable bonds is 7. The van der Waals surface area contributed by atoms with Crippen LogP contribution in [0.3, 0.4) is 0 Å². The van der Waals surface area contributed by atoms with E-state index in [9.17, 15) is 8.42 Å². The van der Waals surface area contributed by atoms with Gasteiger partial charge >= 0.3 is 0 Å². The zero-order chi connectivity index (χ0) is 20.0. The molecule has 0 aliphatic carbocycles. The quantitative estimate of drug-likeness (QED) is 0.251. The molecule has 3 N–H and O–H groups in total. The van der Waals surface area contributed by atoms with Gasteiger partial charge in [-0.25, -0.2) is 8.42 Å². The van der Waals surface area contributed by atoms with Gasteiger partial charge in [0, 0.05) is 43.5 Å². The van der Waals surface area contributed by atoms with Crippen molar-refractivity contribution < 1.29 is 8.42 Å². The maximum atomic E-state index is 11.5. The minimum atomic E-state index is -3.15. The molecule has 0 fully saturated rings. The van der Waals surface area contributed by atoms with E-state index in [1.54, 1.807) is 19.2 Å². The van der Waals surface area contributed by atoms with Crippen LogP contribution in [0.15, 0.2) is 64.6 Å². The lowest BCUT2D eigenvalue weighted by atomic mass is 10.1. The molecule has 0 bridgehead atoms. The van der Waals surface area contributed by atoms with Gasteiger partial charge in [-0.3, -0.25) is 4.99 Å². The van der Waals surface area contributed by atoms with Crippen LogP contribution in [0.1, 0.15) is 11.1 Å². The summed E-state index contributed by atoms with van der Waals surface area (Å²) in [5.41, 5.74) is 3.51. The zero-order valence-corrected chi connectivity index (χ0v) is 19.8. The summed E-state index contributed by atoms with van der Waals surface area (Å²) in [6, 6.07) is 15.3. The van der Waals surface area contributed by atoms with Crippen molar-refractivity contribution in [3.8, 4) is 0 Å². The van der Waals surface area contributed by atoms with E-state index in [1.165, 1.54) is 17.2 Å². The predicted octanol–water partition coefficient (Wildman–Crippen LogP) is 3.14. The number of aliphatic imine (C=N–C) groups is 1. The Kier molecular flexibility index (Phi) is 8.51. The summed E-state index contributed by atoms with van der Waals surface area (Å²) in [7, 11) is -1.40. The van der Waals surface area contributed by atoms with E-state index in [0.29, 0.717) is 11.4 Å². The number of aromatic amines is 1. The van der Waals surface area contributed by atoms with Crippen molar-refractivity contribution in [2.45, 2.75) is 17.7 Å². The molecular formula is C21H27IN4O2S. The molecule has 0 amide bonds. The number of benzene rings is 2.